The van der Waals surface area contributed by atoms with Crippen molar-refractivity contribution in [3.05, 3.63) is 54.0 Å². The molecule has 1 unspecified atom stereocenters. The highest BCUT2D eigenvalue weighted by Gasteiger charge is 2.08. The lowest BCUT2D eigenvalue weighted by Crippen LogP contribution is -2.38. The summed E-state index contributed by atoms with van der Waals surface area (Å²) in [5.41, 5.74) is 0.816. The van der Waals surface area contributed by atoms with Crippen molar-refractivity contribution in [1.82, 2.24) is 10.6 Å². The van der Waals surface area contributed by atoms with Crippen molar-refractivity contribution >= 4 is 5.96 Å². The fraction of sp³-hybridized carbons (Fsp3) is 0.450. The highest BCUT2D eigenvalue weighted by atomic mass is 16.5. The molecule has 0 saturated heterocycles. The Morgan fingerprint density at radius 3 is 2.58 bits per heavy atom. The summed E-state index contributed by atoms with van der Waals surface area (Å²) < 4.78 is 10.9. The molecule has 0 radical (unpaired) electrons. The lowest BCUT2D eigenvalue weighted by atomic mass is 10.1. The third-order valence-corrected chi connectivity index (χ3v) is 3.65. The van der Waals surface area contributed by atoms with Crippen LogP contribution in [0.15, 0.2) is 52.1 Å². The van der Waals surface area contributed by atoms with Gasteiger partial charge in [0.05, 0.1) is 25.0 Å². The molecule has 2 aromatic rings. The van der Waals surface area contributed by atoms with Crippen molar-refractivity contribution in [3.63, 3.8) is 0 Å². The zero-order valence-corrected chi connectivity index (χ0v) is 15.7. The molecular weight excluding hydrogens is 330 g/mol. The van der Waals surface area contributed by atoms with Crippen LogP contribution in [-0.4, -0.2) is 36.8 Å². The Hall–Kier alpha value is -2.47. The third kappa shape index (κ3) is 6.80. The molecule has 0 aliphatic rings. The second-order valence-corrected chi connectivity index (χ2v) is 6.23. The smallest absolute Gasteiger partial charge is 0.191 e. The lowest BCUT2D eigenvalue weighted by Gasteiger charge is -2.14. The number of nitrogens with one attached hydrogen (secondary N) is 2. The summed E-state index contributed by atoms with van der Waals surface area (Å²) in [4.78, 5) is 4.46. The van der Waals surface area contributed by atoms with E-state index in [2.05, 4.69) is 15.6 Å². The van der Waals surface area contributed by atoms with E-state index in [1.165, 1.54) is 0 Å². The summed E-state index contributed by atoms with van der Waals surface area (Å²) >= 11 is 0. The normalized spacial score (nSPS) is 12.9. The Morgan fingerprint density at radius 1 is 1.19 bits per heavy atom. The number of ether oxygens (including phenoxy) is 1. The molecule has 0 amide bonds. The molecule has 0 fully saturated rings. The fourth-order valence-corrected chi connectivity index (χ4v) is 2.42. The number of hydrogen-bond acceptors (Lipinski definition) is 4. The van der Waals surface area contributed by atoms with Crippen LogP contribution in [0, 0.1) is 0 Å². The Bertz CT molecular complexity index is 651. The van der Waals surface area contributed by atoms with E-state index in [0.29, 0.717) is 12.5 Å². The number of aliphatic imine (C=N–C) groups is 1. The van der Waals surface area contributed by atoms with Gasteiger partial charge in [-0.3, -0.25) is 4.99 Å². The van der Waals surface area contributed by atoms with E-state index < -0.39 is 6.10 Å². The first-order chi connectivity index (χ1) is 12.6. The first-order valence-corrected chi connectivity index (χ1v) is 9.07. The summed E-state index contributed by atoms with van der Waals surface area (Å²) in [6.45, 7) is 7.71. The molecule has 142 valence electrons. The molecule has 2 rings (SSSR count). The van der Waals surface area contributed by atoms with Crippen molar-refractivity contribution in [2.75, 3.05) is 19.6 Å². The average Bonchev–Trinajstić information content (AvgIpc) is 3.13. The molecule has 1 aromatic carbocycles. The van der Waals surface area contributed by atoms with Crippen LogP contribution in [0.4, 0.5) is 0 Å². The second kappa shape index (κ2) is 10.5. The maximum Gasteiger partial charge on any atom is 0.191 e. The third-order valence-electron chi connectivity index (χ3n) is 3.65. The Balaban J connectivity index is 1.86. The van der Waals surface area contributed by atoms with Crippen LogP contribution in [0.1, 0.15) is 38.2 Å². The van der Waals surface area contributed by atoms with E-state index in [4.69, 9.17) is 9.15 Å². The van der Waals surface area contributed by atoms with Crippen LogP contribution in [0.3, 0.4) is 0 Å². The number of aliphatic hydroxyl groups is 1. The molecule has 3 N–H and O–H groups in total. The average molecular weight is 359 g/mol. The number of aliphatic hydroxyl groups excluding tert-OH is 1. The van der Waals surface area contributed by atoms with E-state index in [-0.39, 0.29) is 12.6 Å². The van der Waals surface area contributed by atoms with Crippen LogP contribution in [0.25, 0.3) is 0 Å². The summed E-state index contributed by atoms with van der Waals surface area (Å²) in [5, 5.41) is 16.8. The van der Waals surface area contributed by atoms with Crippen molar-refractivity contribution in [3.8, 4) is 5.75 Å². The van der Waals surface area contributed by atoms with Crippen LogP contribution in [0.2, 0.25) is 0 Å². The molecule has 1 heterocycles. The van der Waals surface area contributed by atoms with Gasteiger partial charge in [-0.15, -0.1) is 0 Å². The molecule has 0 spiro atoms. The molecule has 0 aliphatic carbocycles. The number of guanidine groups is 1. The zero-order valence-electron chi connectivity index (χ0n) is 15.7. The lowest BCUT2D eigenvalue weighted by molar-refractivity contribution is 0.186. The number of benzene rings is 1. The Morgan fingerprint density at radius 2 is 1.96 bits per heavy atom. The van der Waals surface area contributed by atoms with E-state index in [1.807, 2.05) is 57.2 Å². The van der Waals surface area contributed by atoms with Gasteiger partial charge >= 0.3 is 0 Å². The Labute approximate surface area is 155 Å². The van der Waals surface area contributed by atoms with Gasteiger partial charge in [0.25, 0.3) is 0 Å². The standard InChI is InChI=1S/C20H29N3O3/c1-4-21-20(22-12-11-17-6-5-13-25-17)23-14-19(24)16-7-9-18(10-8-16)26-15(2)3/h5-10,13,15,19,24H,4,11-12,14H2,1-3H3,(H2,21,22,23). The van der Waals surface area contributed by atoms with E-state index >= 15 is 0 Å². The minimum Gasteiger partial charge on any atom is -0.491 e. The topological polar surface area (TPSA) is 79.0 Å². The fourth-order valence-electron chi connectivity index (χ4n) is 2.42. The minimum atomic E-state index is -0.663. The van der Waals surface area contributed by atoms with Gasteiger partial charge in [-0.05, 0) is 50.6 Å². The molecule has 6 nitrogen and oxygen atoms in total. The van der Waals surface area contributed by atoms with Crippen molar-refractivity contribution < 1.29 is 14.3 Å². The largest absolute Gasteiger partial charge is 0.491 e. The zero-order chi connectivity index (χ0) is 18.8. The van der Waals surface area contributed by atoms with Crippen LogP contribution in [-0.2, 0) is 6.42 Å². The first-order valence-electron chi connectivity index (χ1n) is 9.07. The highest BCUT2D eigenvalue weighted by Crippen LogP contribution is 2.19. The molecule has 26 heavy (non-hydrogen) atoms. The van der Waals surface area contributed by atoms with Gasteiger partial charge < -0.3 is 24.9 Å². The van der Waals surface area contributed by atoms with Gasteiger partial charge in [-0.2, -0.15) is 0 Å². The number of hydrogen-bond donors (Lipinski definition) is 3. The van der Waals surface area contributed by atoms with Gasteiger partial charge in [0.2, 0.25) is 0 Å². The molecular formula is C20H29N3O3. The van der Waals surface area contributed by atoms with Gasteiger partial charge in [0, 0.05) is 19.5 Å². The second-order valence-electron chi connectivity index (χ2n) is 6.23. The SMILES string of the molecule is CCNC(=NCC(O)c1ccc(OC(C)C)cc1)NCCc1ccco1. The van der Waals surface area contributed by atoms with Crippen LogP contribution >= 0.6 is 0 Å². The summed E-state index contributed by atoms with van der Waals surface area (Å²) in [5.74, 6) is 2.40. The molecule has 0 saturated carbocycles. The van der Waals surface area contributed by atoms with Gasteiger partial charge in [0.1, 0.15) is 11.5 Å². The van der Waals surface area contributed by atoms with Gasteiger partial charge in [0.15, 0.2) is 5.96 Å². The monoisotopic (exact) mass is 359 g/mol. The van der Waals surface area contributed by atoms with Crippen molar-refractivity contribution in [2.24, 2.45) is 4.99 Å². The molecule has 0 aliphatic heterocycles. The Kier molecular flexibility index (Phi) is 8.02. The molecule has 1 aromatic heterocycles. The maximum absolute atomic E-state index is 10.4. The maximum atomic E-state index is 10.4. The molecule has 6 heteroatoms. The van der Waals surface area contributed by atoms with E-state index in [0.717, 1.165) is 30.0 Å². The van der Waals surface area contributed by atoms with Crippen molar-refractivity contribution in [1.29, 1.82) is 0 Å². The highest BCUT2D eigenvalue weighted by molar-refractivity contribution is 5.79. The number of nitrogens with zero attached hydrogens (tertiary/aromatic N) is 1. The number of rotatable bonds is 9. The first kappa shape index (κ1) is 19.8. The number of furan rings is 1. The summed E-state index contributed by atoms with van der Waals surface area (Å²) in [7, 11) is 0. The van der Waals surface area contributed by atoms with Crippen LogP contribution < -0.4 is 15.4 Å². The predicted molar refractivity (Wildman–Crippen MR) is 104 cm³/mol. The summed E-state index contributed by atoms with van der Waals surface area (Å²) in [6, 6.07) is 11.3. The quantitative estimate of drug-likeness (QED) is 0.474. The van der Waals surface area contributed by atoms with E-state index in [1.54, 1.807) is 6.26 Å². The van der Waals surface area contributed by atoms with E-state index in [9.17, 15) is 5.11 Å². The van der Waals surface area contributed by atoms with Gasteiger partial charge in [-0.25, -0.2) is 0 Å². The molecule has 1 atom stereocenters. The van der Waals surface area contributed by atoms with Gasteiger partial charge in [-0.1, -0.05) is 12.1 Å². The predicted octanol–water partition coefficient (Wildman–Crippen LogP) is 2.90. The summed E-state index contributed by atoms with van der Waals surface area (Å²) in [6.07, 6.45) is 1.91. The van der Waals surface area contributed by atoms with Crippen molar-refractivity contribution in [2.45, 2.75) is 39.4 Å². The molecule has 0 bridgehead atoms. The van der Waals surface area contributed by atoms with Crippen LogP contribution in [0.5, 0.6) is 5.75 Å². The minimum absolute atomic E-state index is 0.130.